The quantitative estimate of drug-likeness (QED) is 0.402. The van der Waals surface area contributed by atoms with Crippen LogP contribution >= 0.6 is 0 Å². The second-order valence-electron chi connectivity index (χ2n) is 8.89. The molecule has 0 saturated carbocycles. The minimum absolute atomic E-state index is 0.0408. The van der Waals surface area contributed by atoms with Gasteiger partial charge in [-0.3, -0.25) is 14.6 Å². The summed E-state index contributed by atoms with van der Waals surface area (Å²) in [6.45, 7) is 5.06. The molecular formula is C27H28FN5O4. The molecule has 0 spiro atoms. The third-order valence-electron chi connectivity index (χ3n) is 6.72. The summed E-state index contributed by atoms with van der Waals surface area (Å²) in [5.74, 6) is -0.336. The zero-order valence-electron chi connectivity index (χ0n) is 20.5. The van der Waals surface area contributed by atoms with Gasteiger partial charge in [0.1, 0.15) is 12.4 Å². The van der Waals surface area contributed by atoms with Crippen LogP contribution in [-0.4, -0.2) is 59.5 Å². The van der Waals surface area contributed by atoms with Crippen LogP contribution in [0.5, 0.6) is 11.5 Å². The fraction of sp³-hybridized carbons (Fsp3) is 0.296. The number of anilines is 2. The molecule has 4 heterocycles. The number of pyridine rings is 1. The van der Waals surface area contributed by atoms with Gasteiger partial charge in [0, 0.05) is 37.0 Å². The third kappa shape index (κ3) is 4.62. The van der Waals surface area contributed by atoms with E-state index in [-0.39, 0.29) is 23.6 Å². The molecule has 0 bridgehead atoms. The number of halogens is 1. The molecule has 37 heavy (non-hydrogen) atoms. The molecule has 192 valence electrons. The lowest BCUT2D eigenvalue weighted by Crippen LogP contribution is -2.38. The summed E-state index contributed by atoms with van der Waals surface area (Å²) < 4.78 is 25.9. The maximum atomic E-state index is 14.4. The van der Waals surface area contributed by atoms with Crippen molar-refractivity contribution in [3.63, 3.8) is 0 Å². The van der Waals surface area contributed by atoms with Crippen LogP contribution in [-0.2, 0) is 11.2 Å². The predicted molar refractivity (Wildman–Crippen MR) is 137 cm³/mol. The topological polar surface area (TPSA) is 109 Å². The van der Waals surface area contributed by atoms with Crippen molar-refractivity contribution >= 4 is 23.2 Å². The van der Waals surface area contributed by atoms with Crippen molar-refractivity contribution in [1.29, 1.82) is 0 Å². The Morgan fingerprint density at radius 3 is 3.05 bits per heavy atom. The summed E-state index contributed by atoms with van der Waals surface area (Å²) in [5.41, 5.74) is 3.36. The number of fused-ring (bicyclic) bond motifs is 1. The van der Waals surface area contributed by atoms with Crippen molar-refractivity contribution < 1.29 is 23.5 Å². The van der Waals surface area contributed by atoms with Crippen LogP contribution in [0.4, 0.5) is 15.8 Å². The lowest BCUT2D eigenvalue weighted by molar-refractivity contribution is -0.127. The van der Waals surface area contributed by atoms with Crippen LogP contribution < -0.4 is 20.1 Å². The lowest BCUT2D eigenvalue weighted by Gasteiger charge is -2.24. The van der Waals surface area contributed by atoms with Gasteiger partial charge in [-0.2, -0.15) is 0 Å². The minimum atomic E-state index is -0.522. The zero-order valence-corrected chi connectivity index (χ0v) is 20.5. The molecule has 5 rings (SSSR count). The summed E-state index contributed by atoms with van der Waals surface area (Å²) in [6.07, 6.45) is 6.90. The molecule has 1 saturated heterocycles. The summed E-state index contributed by atoms with van der Waals surface area (Å²) in [5, 5.41) is 6.10. The Kier molecular flexibility index (Phi) is 6.80. The number of carbonyl (C=O) groups is 2. The van der Waals surface area contributed by atoms with Crippen LogP contribution in [0.1, 0.15) is 28.9 Å². The molecule has 1 atom stereocenters. The van der Waals surface area contributed by atoms with Crippen molar-refractivity contribution in [3.05, 3.63) is 66.4 Å². The van der Waals surface area contributed by atoms with Gasteiger partial charge in [0.05, 0.1) is 42.0 Å². The van der Waals surface area contributed by atoms with E-state index in [9.17, 15) is 14.0 Å². The van der Waals surface area contributed by atoms with Crippen molar-refractivity contribution in [2.45, 2.75) is 25.3 Å². The van der Waals surface area contributed by atoms with E-state index in [2.05, 4.69) is 27.2 Å². The highest BCUT2D eigenvalue weighted by atomic mass is 19.1. The van der Waals surface area contributed by atoms with Crippen molar-refractivity contribution in [2.75, 3.05) is 32.1 Å². The van der Waals surface area contributed by atoms with Gasteiger partial charge in [0.2, 0.25) is 5.91 Å². The monoisotopic (exact) mass is 505 g/mol. The number of nitrogens with zero attached hydrogens (tertiary/aromatic N) is 2. The van der Waals surface area contributed by atoms with Crippen molar-refractivity contribution in [2.24, 2.45) is 0 Å². The molecule has 0 radical (unpaired) electrons. The van der Waals surface area contributed by atoms with E-state index in [1.807, 2.05) is 0 Å². The Bertz CT molecular complexity index is 1350. The smallest absolute Gasteiger partial charge is 0.255 e. The van der Waals surface area contributed by atoms with Crippen LogP contribution in [0.2, 0.25) is 0 Å². The first-order valence-corrected chi connectivity index (χ1v) is 12.1. The molecule has 10 heteroatoms. The molecule has 3 aromatic rings. The number of benzene rings is 1. The molecule has 9 nitrogen and oxygen atoms in total. The maximum absolute atomic E-state index is 14.4. The van der Waals surface area contributed by atoms with Crippen molar-refractivity contribution in [3.8, 4) is 22.8 Å². The predicted octanol–water partition coefficient (Wildman–Crippen LogP) is 3.81. The van der Waals surface area contributed by atoms with E-state index in [4.69, 9.17) is 9.47 Å². The fourth-order valence-corrected chi connectivity index (χ4v) is 4.96. The number of para-hydroxylation sites is 1. The molecule has 2 aromatic heterocycles. The van der Waals surface area contributed by atoms with Crippen LogP contribution in [0.15, 0.2) is 49.3 Å². The maximum Gasteiger partial charge on any atom is 0.255 e. The molecule has 0 unspecified atom stereocenters. The second kappa shape index (κ2) is 10.3. The average Bonchev–Trinajstić information content (AvgIpc) is 3.53. The molecule has 3 N–H and O–H groups in total. The lowest BCUT2D eigenvalue weighted by atomic mass is 10.0. The first kappa shape index (κ1) is 24.4. The summed E-state index contributed by atoms with van der Waals surface area (Å²) in [7, 11) is 1.39. The first-order chi connectivity index (χ1) is 18.0. The Labute approximate surface area is 213 Å². The van der Waals surface area contributed by atoms with Gasteiger partial charge in [-0.05, 0) is 37.1 Å². The number of methoxy groups -OCH3 is 1. The summed E-state index contributed by atoms with van der Waals surface area (Å²) >= 11 is 0. The molecule has 1 fully saturated rings. The number of likely N-dealkylation sites (tertiary alicyclic amines) is 1. The molecule has 0 aliphatic carbocycles. The summed E-state index contributed by atoms with van der Waals surface area (Å²) in [4.78, 5) is 34.5. The Morgan fingerprint density at radius 1 is 1.38 bits per heavy atom. The fourth-order valence-electron chi connectivity index (χ4n) is 4.96. The van der Waals surface area contributed by atoms with Crippen LogP contribution in [0.25, 0.3) is 11.3 Å². The summed E-state index contributed by atoms with van der Waals surface area (Å²) in [6, 6.07) is 6.27. The first-order valence-electron chi connectivity index (χ1n) is 12.1. The van der Waals surface area contributed by atoms with Gasteiger partial charge in [0.25, 0.3) is 5.91 Å². The Balaban J connectivity index is 1.53. The number of aromatic nitrogens is 2. The van der Waals surface area contributed by atoms with E-state index in [1.165, 1.54) is 19.3 Å². The molecule has 2 aliphatic rings. The normalized spacial score (nSPS) is 16.6. The molecule has 2 amide bonds. The number of hydrogen-bond donors (Lipinski definition) is 3. The molecule has 1 aromatic carbocycles. The largest absolute Gasteiger partial charge is 0.492 e. The van der Waals surface area contributed by atoms with Crippen LogP contribution in [0.3, 0.4) is 0 Å². The van der Waals surface area contributed by atoms with E-state index < -0.39 is 5.82 Å². The number of amides is 2. The standard InChI is InChI=1S/C27H28FN5O4/c1-3-22(34)33-13-5-6-16(33)15-37-21-14-29-11-9-17(21)24-25(23-19(31-24)10-12-30-27(23)35)32-20-8-4-7-18(28)26(20)36-2/h3-4,7-9,11,14,16,31-32H,1,5-6,10,12-13,15H2,2H3,(H,30,35)/t16-/m1/s1. The van der Waals surface area contributed by atoms with E-state index in [0.717, 1.165) is 18.5 Å². The number of H-pyrrole nitrogens is 1. The van der Waals surface area contributed by atoms with Crippen LogP contribution in [0, 0.1) is 5.82 Å². The van der Waals surface area contributed by atoms with Gasteiger partial charge in [-0.1, -0.05) is 12.6 Å². The Hall–Kier alpha value is -4.34. The van der Waals surface area contributed by atoms with Gasteiger partial charge in [-0.15, -0.1) is 0 Å². The van der Waals surface area contributed by atoms with Gasteiger partial charge in [-0.25, -0.2) is 4.39 Å². The highest BCUT2D eigenvalue weighted by molar-refractivity contribution is 6.06. The van der Waals surface area contributed by atoms with Gasteiger partial charge < -0.3 is 30.0 Å². The minimum Gasteiger partial charge on any atom is -0.492 e. The van der Waals surface area contributed by atoms with E-state index in [1.54, 1.807) is 35.5 Å². The zero-order chi connectivity index (χ0) is 25.9. The number of rotatable bonds is 8. The average molecular weight is 506 g/mol. The number of carbonyl (C=O) groups excluding carboxylic acids is 2. The Morgan fingerprint density at radius 2 is 2.24 bits per heavy atom. The van der Waals surface area contributed by atoms with E-state index >= 15 is 0 Å². The number of nitrogens with one attached hydrogen (secondary N) is 3. The number of hydrogen-bond acceptors (Lipinski definition) is 6. The number of ether oxygens (including phenoxy) is 2. The SMILES string of the molecule is C=CC(=O)N1CCC[C@@H]1COc1cnccc1-c1[nH]c2c(c1Nc1cccc(F)c1OC)C(=O)NCC2. The van der Waals surface area contributed by atoms with Crippen molar-refractivity contribution in [1.82, 2.24) is 20.2 Å². The molecule has 2 aliphatic heterocycles. The second-order valence-corrected chi connectivity index (χ2v) is 8.89. The number of aromatic amines is 1. The highest BCUT2D eigenvalue weighted by Gasteiger charge is 2.30. The molecular weight excluding hydrogens is 477 g/mol. The third-order valence-corrected chi connectivity index (χ3v) is 6.72. The van der Waals surface area contributed by atoms with Gasteiger partial charge >= 0.3 is 0 Å². The highest BCUT2D eigenvalue weighted by Crippen LogP contribution is 2.42. The van der Waals surface area contributed by atoms with E-state index in [0.29, 0.717) is 60.1 Å². The van der Waals surface area contributed by atoms with Gasteiger partial charge in [0.15, 0.2) is 11.6 Å².